The lowest BCUT2D eigenvalue weighted by Gasteiger charge is -2.06. The Labute approximate surface area is 161 Å². The first-order valence-electron chi connectivity index (χ1n) is 8.59. The Morgan fingerprint density at radius 2 is 1.89 bits per heavy atom. The molecule has 0 bridgehead atoms. The topological polar surface area (TPSA) is 59.8 Å². The number of benzene rings is 1. The fraction of sp³-hybridized carbons (Fsp3) is 0.0952. The molecule has 0 radical (unpaired) electrons. The summed E-state index contributed by atoms with van der Waals surface area (Å²) in [5.41, 5.74) is 3.59. The number of carbonyl (C=O) groups is 1. The van der Waals surface area contributed by atoms with E-state index < -0.39 is 0 Å². The molecule has 4 aromatic rings. The van der Waals surface area contributed by atoms with E-state index in [2.05, 4.69) is 15.3 Å². The lowest BCUT2D eigenvalue weighted by atomic mass is 10.2. The highest BCUT2D eigenvalue weighted by molar-refractivity contribution is 7.15. The molecule has 27 heavy (non-hydrogen) atoms. The summed E-state index contributed by atoms with van der Waals surface area (Å²) >= 11 is 1.58. The first-order valence-corrected chi connectivity index (χ1v) is 9.40. The highest BCUT2D eigenvalue weighted by Crippen LogP contribution is 2.27. The standard InChI is InChI=1S/C21H18N4OS/c1-15-19(27-21(24-15)17-5-4-10-22-13-17)14-23-20(26)16-6-8-18(9-7-16)25-11-2-3-12-25/h2-13H,14H2,1H3,(H,23,26). The number of thiazole rings is 1. The largest absolute Gasteiger partial charge is 0.347 e. The number of rotatable bonds is 5. The Bertz CT molecular complexity index is 1040. The number of hydrogen-bond acceptors (Lipinski definition) is 4. The average Bonchev–Trinajstić information content (AvgIpc) is 3.37. The van der Waals surface area contributed by atoms with Gasteiger partial charge in [0.05, 0.1) is 12.2 Å². The summed E-state index contributed by atoms with van der Waals surface area (Å²) in [5.74, 6) is -0.0928. The zero-order valence-corrected chi connectivity index (χ0v) is 15.6. The predicted octanol–water partition coefficient (Wildman–Crippen LogP) is 4.23. The number of pyridine rings is 1. The molecule has 0 fully saturated rings. The number of nitrogens with one attached hydrogen (secondary N) is 1. The number of aromatic nitrogens is 3. The van der Waals surface area contributed by atoms with Gasteiger partial charge in [0.1, 0.15) is 5.01 Å². The van der Waals surface area contributed by atoms with E-state index in [1.165, 1.54) is 0 Å². The minimum atomic E-state index is -0.0928. The third-order valence-electron chi connectivity index (χ3n) is 4.24. The molecule has 0 unspecified atom stereocenters. The van der Waals surface area contributed by atoms with Gasteiger partial charge in [0, 0.05) is 46.5 Å². The van der Waals surface area contributed by atoms with Gasteiger partial charge in [-0.15, -0.1) is 11.3 Å². The Morgan fingerprint density at radius 3 is 2.59 bits per heavy atom. The minimum absolute atomic E-state index is 0.0928. The Hall–Kier alpha value is -3.25. The summed E-state index contributed by atoms with van der Waals surface area (Å²) in [7, 11) is 0. The van der Waals surface area contributed by atoms with Crippen LogP contribution in [0.4, 0.5) is 0 Å². The maximum Gasteiger partial charge on any atom is 0.251 e. The Kier molecular flexibility index (Phi) is 4.80. The quantitative estimate of drug-likeness (QED) is 0.569. The number of carbonyl (C=O) groups excluding carboxylic acids is 1. The van der Waals surface area contributed by atoms with Crippen molar-refractivity contribution >= 4 is 17.2 Å². The molecule has 3 aromatic heterocycles. The fourth-order valence-electron chi connectivity index (χ4n) is 2.76. The summed E-state index contributed by atoms with van der Waals surface area (Å²) in [6, 6.07) is 15.4. The fourth-order valence-corrected chi connectivity index (χ4v) is 3.75. The summed E-state index contributed by atoms with van der Waals surface area (Å²) < 4.78 is 2.00. The van der Waals surface area contributed by atoms with Crippen LogP contribution in [0.25, 0.3) is 16.3 Å². The second kappa shape index (κ2) is 7.55. The van der Waals surface area contributed by atoms with Crippen LogP contribution in [-0.2, 0) is 6.54 Å². The number of nitrogens with zero attached hydrogens (tertiary/aromatic N) is 3. The van der Waals surface area contributed by atoms with Gasteiger partial charge in [-0.25, -0.2) is 4.98 Å². The molecular weight excluding hydrogens is 356 g/mol. The molecule has 6 heteroatoms. The molecule has 4 rings (SSSR count). The summed E-state index contributed by atoms with van der Waals surface area (Å²) in [6.45, 7) is 2.42. The summed E-state index contributed by atoms with van der Waals surface area (Å²) in [4.78, 5) is 22.2. The van der Waals surface area contributed by atoms with Gasteiger partial charge in [0.15, 0.2) is 0 Å². The normalized spacial score (nSPS) is 10.7. The predicted molar refractivity (Wildman–Crippen MR) is 107 cm³/mol. The van der Waals surface area contributed by atoms with Crippen LogP contribution in [0.2, 0.25) is 0 Å². The zero-order chi connectivity index (χ0) is 18.6. The van der Waals surface area contributed by atoms with E-state index in [1.54, 1.807) is 23.7 Å². The average molecular weight is 374 g/mol. The maximum atomic E-state index is 12.5. The van der Waals surface area contributed by atoms with Gasteiger partial charge in [-0.1, -0.05) is 0 Å². The Morgan fingerprint density at radius 1 is 1.11 bits per heavy atom. The first-order chi connectivity index (χ1) is 13.2. The van der Waals surface area contributed by atoms with E-state index in [0.29, 0.717) is 12.1 Å². The monoisotopic (exact) mass is 374 g/mol. The van der Waals surface area contributed by atoms with Crippen LogP contribution in [0.1, 0.15) is 20.9 Å². The molecule has 0 aliphatic carbocycles. The molecule has 0 aliphatic rings. The van der Waals surface area contributed by atoms with E-state index in [-0.39, 0.29) is 5.91 Å². The second-order valence-electron chi connectivity index (χ2n) is 6.09. The lowest BCUT2D eigenvalue weighted by molar-refractivity contribution is 0.0951. The van der Waals surface area contributed by atoms with E-state index in [4.69, 9.17) is 0 Å². The summed E-state index contributed by atoms with van der Waals surface area (Å²) in [5, 5.41) is 3.90. The van der Waals surface area contributed by atoms with Crippen molar-refractivity contribution in [3.63, 3.8) is 0 Å². The number of aryl methyl sites for hydroxylation is 1. The second-order valence-corrected chi connectivity index (χ2v) is 7.17. The summed E-state index contributed by atoms with van der Waals surface area (Å²) in [6.07, 6.45) is 7.49. The molecule has 0 saturated heterocycles. The molecule has 3 heterocycles. The van der Waals surface area contributed by atoms with E-state index >= 15 is 0 Å². The smallest absolute Gasteiger partial charge is 0.251 e. The van der Waals surface area contributed by atoms with Gasteiger partial charge in [0.2, 0.25) is 0 Å². The van der Waals surface area contributed by atoms with Crippen LogP contribution < -0.4 is 5.32 Å². The van der Waals surface area contributed by atoms with Crippen molar-refractivity contribution in [1.29, 1.82) is 0 Å². The van der Waals surface area contributed by atoms with Crippen molar-refractivity contribution in [3.05, 3.63) is 89.5 Å². The van der Waals surface area contributed by atoms with E-state index in [9.17, 15) is 4.79 Å². The van der Waals surface area contributed by atoms with Crippen molar-refractivity contribution in [2.75, 3.05) is 0 Å². The van der Waals surface area contributed by atoms with Crippen molar-refractivity contribution in [2.45, 2.75) is 13.5 Å². The van der Waals surface area contributed by atoms with Crippen molar-refractivity contribution < 1.29 is 4.79 Å². The van der Waals surface area contributed by atoms with Gasteiger partial charge < -0.3 is 9.88 Å². The van der Waals surface area contributed by atoms with Crippen LogP contribution in [-0.4, -0.2) is 20.4 Å². The van der Waals surface area contributed by atoms with E-state index in [1.807, 2.05) is 72.4 Å². The van der Waals surface area contributed by atoms with Gasteiger partial charge in [-0.2, -0.15) is 0 Å². The molecule has 0 aliphatic heterocycles. The number of amides is 1. The molecule has 5 nitrogen and oxygen atoms in total. The molecular formula is C21H18N4OS. The van der Waals surface area contributed by atoms with Crippen LogP contribution in [0.3, 0.4) is 0 Å². The molecule has 0 spiro atoms. The van der Waals surface area contributed by atoms with Gasteiger partial charge in [-0.3, -0.25) is 9.78 Å². The minimum Gasteiger partial charge on any atom is -0.347 e. The van der Waals surface area contributed by atoms with Crippen molar-refractivity contribution in [1.82, 2.24) is 19.9 Å². The van der Waals surface area contributed by atoms with Crippen molar-refractivity contribution in [2.24, 2.45) is 0 Å². The Balaban J connectivity index is 1.43. The highest BCUT2D eigenvalue weighted by Gasteiger charge is 2.12. The van der Waals surface area contributed by atoms with Crippen LogP contribution in [0, 0.1) is 6.92 Å². The van der Waals surface area contributed by atoms with Crippen LogP contribution in [0.15, 0.2) is 73.3 Å². The third-order valence-corrected chi connectivity index (χ3v) is 5.45. The molecule has 1 amide bonds. The third kappa shape index (κ3) is 3.80. The van der Waals surface area contributed by atoms with Crippen molar-refractivity contribution in [3.8, 4) is 16.3 Å². The van der Waals surface area contributed by atoms with E-state index in [0.717, 1.165) is 26.8 Å². The first kappa shape index (κ1) is 17.2. The lowest BCUT2D eigenvalue weighted by Crippen LogP contribution is -2.22. The highest BCUT2D eigenvalue weighted by atomic mass is 32.1. The molecule has 0 atom stereocenters. The van der Waals surface area contributed by atoms with Crippen LogP contribution in [0.5, 0.6) is 0 Å². The molecule has 1 aromatic carbocycles. The zero-order valence-electron chi connectivity index (χ0n) is 14.8. The SMILES string of the molecule is Cc1nc(-c2cccnc2)sc1CNC(=O)c1ccc(-n2cccc2)cc1. The molecule has 1 N–H and O–H groups in total. The maximum absolute atomic E-state index is 12.5. The van der Waals surface area contributed by atoms with Gasteiger partial charge in [-0.05, 0) is 55.5 Å². The molecule has 0 saturated carbocycles. The number of hydrogen-bond donors (Lipinski definition) is 1. The van der Waals surface area contributed by atoms with Crippen LogP contribution >= 0.6 is 11.3 Å². The van der Waals surface area contributed by atoms with Gasteiger partial charge >= 0.3 is 0 Å². The molecule has 134 valence electrons. The van der Waals surface area contributed by atoms with Gasteiger partial charge in [0.25, 0.3) is 5.91 Å².